The quantitative estimate of drug-likeness (QED) is 0.294. The highest BCUT2D eigenvalue weighted by molar-refractivity contribution is 7.92. The topological polar surface area (TPSA) is 88.5 Å². The Balaban J connectivity index is 1.67. The second-order valence-electron chi connectivity index (χ2n) is 9.76. The summed E-state index contributed by atoms with van der Waals surface area (Å²) < 4.78 is 34.1. The highest BCUT2D eigenvalue weighted by atomic mass is 32.2. The van der Waals surface area contributed by atoms with Crippen molar-refractivity contribution in [3.8, 4) is 11.4 Å². The molecule has 0 amide bonds. The fourth-order valence-corrected chi connectivity index (χ4v) is 6.23. The largest absolute Gasteiger partial charge is 0.494 e. The molecule has 3 heterocycles. The number of anilines is 2. The Bertz CT molecular complexity index is 1650. The van der Waals surface area contributed by atoms with Crippen LogP contribution in [0.1, 0.15) is 40.3 Å². The normalized spacial score (nSPS) is 17.3. The molecule has 10 heteroatoms. The van der Waals surface area contributed by atoms with Crippen molar-refractivity contribution < 1.29 is 13.2 Å². The second kappa shape index (κ2) is 10.3. The van der Waals surface area contributed by atoms with Gasteiger partial charge in [0.2, 0.25) is 10.0 Å². The minimum atomic E-state index is -3.48. The molecule has 0 bridgehead atoms. The zero-order valence-corrected chi connectivity index (χ0v) is 24.1. The van der Waals surface area contributed by atoms with E-state index >= 15 is 0 Å². The predicted molar refractivity (Wildman–Crippen MR) is 159 cm³/mol. The summed E-state index contributed by atoms with van der Waals surface area (Å²) in [5.41, 5.74) is 7.60. The summed E-state index contributed by atoms with van der Waals surface area (Å²) in [6.45, 7) is 6.32. The highest BCUT2D eigenvalue weighted by Crippen LogP contribution is 2.45. The number of methoxy groups -OCH3 is 1. The first kappa shape index (κ1) is 26.7. The zero-order chi connectivity index (χ0) is 27.9. The van der Waals surface area contributed by atoms with E-state index in [1.807, 2.05) is 24.3 Å². The van der Waals surface area contributed by atoms with Gasteiger partial charge in [0.15, 0.2) is 5.11 Å². The van der Waals surface area contributed by atoms with Crippen LogP contribution in [0, 0.1) is 20.8 Å². The maximum atomic E-state index is 11.9. The Morgan fingerprint density at radius 3 is 2.46 bits per heavy atom. The van der Waals surface area contributed by atoms with Crippen molar-refractivity contribution in [1.82, 2.24) is 14.9 Å². The third-order valence-corrected chi connectivity index (χ3v) is 7.81. The lowest BCUT2D eigenvalue weighted by atomic mass is 9.96. The Labute approximate surface area is 234 Å². The van der Waals surface area contributed by atoms with Gasteiger partial charge in [-0.15, -0.1) is 0 Å². The molecule has 0 saturated carbocycles. The van der Waals surface area contributed by atoms with Gasteiger partial charge in [-0.05, 0) is 86.6 Å². The van der Waals surface area contributed by atoms with Crippen LogP contribution in [0.2, 0.25) is 0 Å². The molecule has 0 radical (unpaired) electrons. The van der Waals surface area contributed by atoms with E-state index in [4.69, 9.17) is 17.0 Å². The number of nitrogens with one attached hydrogen (secondary N) is 2. The number of pyridine rings is 1. The first-order valence-electron chi connectivity index (χ1n) is 12.5. The van der Waals surface area contributed by atoms with Crippen molar-refractivity contribution >= 4 is 38.7 Å². The molecule has 2 aromatic heterocycles. The van der Waals surface area contributed by atoms with Crippen LogP contribution in [0.4, 0.5) is 11.4 Å². The van der Waals surface area contributed by atoms with E-state index in [-0.39, 0.29) is 12.1 Å². The van der Waals surface area contributed by atoms with Gasteiger partial charge in [0.25, 0.3) is 0 Å². The molecule has 39 heavy (non-hydrogen) atoms. The molecule has 1 fully saturated rings. The average molecular weight is 562 g/mol. The molecule has 2 N–H and O–H groups in total. The SMILES string of the molecule is COc1cc(N2C(=S)N[C@H](c3ccccn3)[C@@H]2c2cc(C)n(-c3cccc(C)c3)c2C)ccc1NS(C)(=O)=O. The minimum absolute atomic E-state index is 0.218. The molecule has 2 atom stereocenters. The molecule has 8 nitrogen and oxygen atoms in total. The van der Waals surface area contributed by atoms with Gasteiger partial charge < -0.3 is 19.5 Å². The Hall–Kier alpha value is -3.89. The van der Waals surface area contributed by atoms with E-state index in [9.17, 15) is 8.42 Å². The standard InChI is InChI=1S/C29H31N5O3S2/c1-18-9-8-10-21(15-18)33-19(2)16-23(20(33)3)28-27(25-11-6-7-14-30-25)31-29(38)34(28)22-12-13-24(26(17-22)37-4)32-39(5,35)36/h6-17,27-28,32H,1-5H3,(H,31,38)/t27-,28+/m1/s1. The number of hydrogen-bond donors (Lipinski definition) is 2. The molecule has 5 rings (SSSR count). The van der Waals surface area contributed by atoms with Gasteiger partial charge in [0, 0.05) is 35.0 Å². The number of hydrogen-bond acceptors (Lipinski definition) is 5. The first-order chi connectivity index (χ1) is 18.6. The van der Waals surface area contributed by atoms with Crippen LogP contribution in [-0.2, 0) is 10.0 Å². The van der Waals surface area contributed by atoms with E-state index in [0.717, 1.165) is 40.3 Å². The number of benzene rings is 2. The van der Waals surface area contributed by atoms with Crippen molar-refractivity contribution in [3.05, 3.63) is 101 Å². The number of aromatic nitrogens is 2. The van der Waals surface area contributed by atoms with Gasteiger partial charge in [0.1, 0.15) is 5.75 Å². The molecular weight excluding hydrogens is 530 g/mol. The summed E-state index contributed by atoms with van der Waals surface area (Å²) in [7, 11) is -1.97. The summed E-state index contributed by atoms with van der Waals surface area (Å²) in [5.74, 6) is 0.394. The molecule has 0 aliphatic carbocycles. The molecular formula is C29H31N5O3S2. The number of thiocarbonyl (C=S) groups is 1. The van der Waals surface area contributed by atoms with Crippen LogP contribution in [0.15, 0.2) is 72.9 Å². The van der Waals surface area contributed by atoms with Crippen molar-refractivity contribution in [2.45, 2.75) is 32.9 Å². The molecule has 0 spiro atoms. The molecule has 202 valence electrons. The van der Waals surface area contributed by atoms with E-state index in [1.54, 1.807) is 18.3 Å². The Morgan fingerprint density at radius 1 is 1.00 bits per heavy atom. The van der Waals surface area contributed by atoms with Crippen molar-refractivity contribution in [2.75, 3.05) is 23.0 Å². The summed E-state index contributed by atoms with van der Waals surface area (Å²) in [6.07, 6.45) is 2.89. The van der Waals surface area contributed by atoms with Gasteiger partial charge in [-0.25, -0.2) is 8.42 Å². The third-order valence-electron chi connectivity index (χ3n) is 6.91. The van der Waals surface area contributed by atoms with Crippen LogP contribution in [0.5, 0.6) is 5.75 Å². The predicted octanol–water partition coefficient (Wildman–Crippen LogP) is 5.35. The van der Waals surface area contributed by atoms with Crippen molar-refractivity contribution in [2.24, 2.45) is 0 Å². The lowest BCUT2D eigenvalue weighted by molar-refractivity contribution is 0.417. The molecule has 2 aromatic carbocycles. The summed E-state index contributed by atoms with van der Waals surface area (Å²) in [6, 6.07) is 21.4. The van der Waals surface area contributed by atoms with Gasteiger partial charge in [0.05, 0.1) is 36.8 Å². The number of rotatable bonds is 7. The highest BCUT2D eigenvalue weighted by Gasteiger charge is 2.42. The smallest absolute Gasteiger partial charge is 0.229 e. The van der Waals surface area contributed by atoms with Gasteiger partial charge in [-0.3, -0.25) is 9.71 Å². The summed E-state index contributed by atoms with van der Waals surface area (Å²) >= 11 is 5.90. The Morgan fingerprint density at radius 2 is 1.79 bits per heavy atom. The van der Waals surface area contributed by atoms with Crippen molar-refractivity contribution in [1.29, 1.82) is 0 Å². The number of ether oxygens (including phenoxy) is 1. The zero-order valence-electron chi connectivity index (χ0n) is 22.5. The van der Waals surface area contributed by atoms with Crippen LogP contribution < -0.4 is 19.7 Å². The molecule has 1 saturated heterocycles. The second-order valence-corrected chi connectivity index (χ2v) is 11.9. The van der Waals surface area contributed by atoms with Crippen LogP contribution in [0.3, 0.4) is 0 Å². The Kier molecular flexibility index (Phi) is 7.09. The maximum Gasteiger partial charge on any atom is 0.229 e. The summed E-state index contributed by atoms with van der Waals surface area (Å²) in [5, 5.41) is 4.04. The lowest BCUT2D eigenvalue weighted by Crippen LogP contribution is -2.29. The van der Waals surface area contributed by atoms with Crippen LogP contribution in [0.25, 0.3) is 5.69 Å². The first-order valence-corrected chi connectivity index (χ1v) is 14.8. The third kappa shape index (κ3) is 5.22. The van der Waals surface area contributed by atoms with Crippen molar-refractivity contribution in [3.63, 3.8) is 0 Å². The monoisotopic (exact) mass is 561 g/mol. The van der Waals surface area contributed by atoms with Gasteiger partial charge in [-0.1, -0.05) is 18.2 Å². The molecule has 1 aliphatic rings. The lowest BCUT2D eigenvalue weighted by Gasteiger charge is -2.29. The average Bonchev–Trinajstić information content (AvgIpc) is 3.38. The van der Waals surface area contributed by atoms with E-state index in [0.29, 0.717) is 16.5 Å². The number of nitrogens with zero attached hydrogens (tertiary/aromatic N) is 3. The van der Waals surface area contributed by atoms with Crippen LogP contribution in [-0.4, -0.2) is 36.4 Å². The van der Waals surface area contributed by atoms with Gasteiger partial charge in [-0.2, -0.15) is 0 Å². The van der Waals surface area contributed by atoms with E-state index in [1.165, 1.54) is 12.7 Å². The maximum absolute atomic E-state index is 11.9. The molecule has 0 unspecified atom stereocenters. The number of aryl methyl sites for hydroxylation is 2. The minimum Gasteiger partial charge on any atom is -0.494 e. The fraction of sp³-hybridized carbons (Fsp3) is 0.241. The number of sulfonamides is 1. The molecule has 4 aromatic rings. The fourth-order valence-electron chi connectivity index (χ4n) is 5.31. The van der Waals surface area contributed by atoms with Gasteiger partial charge >= 0.3 is 0 Å². The van der Waals surface area contributed by atoms with E-state index < -0.39 is 10.0 Å². The van der Waals surface area contributed by atoms with Crippen LogP contribution >= 0.6 is 12.2 Å². The molecule has 1 aliphatic heterocycles. The summed E-state index contributed by atoms with van der Waals surface area (Å²) in [4.78, 5) is 6.72. The van der Waals surface area contributed by atoms with E-state index in [2.05, 4.69) is 75.6 Å².